The van der Waals surface area contributed by atoms with Gasteiger partial charge in [-0.15, -0.1) is 0 Å². The minimum absolute atomic E-state index is 0.575. The van der Waals surface area contributed by atoms with Gasteiger partial charge in [-0.3, -0.25) is 0 Å². The van der Waals surface area contributed by atoms with Gasteiger partial charge in [0.05, 0.1) is 0 Å². The monoisotopic (exact) mass is 698 g/mol. The second-order valence-electron chi connectivity index (χ2n) is 11.7. The number of benzene rings is 6. The Morgan fingerprint density at radius 2 is 0.560 bits per heavy atom. The summed E-state index contributed by atoms with van der Waals surface area (Å²) in [5.74, 6) is 3.63. The Bertz CT molecular complexity index is 1480. The van der Waals surface area contributed by atoms with Crippen molar-refractivity contribution in [2.45, 2.75) is 37.8 Å². The third-order valence-corrected chi connectivity index (χ3v) is 15.5. The second kappa shape index (κ2) is 17.3. The predicted molar refractivity (Wildman–Crippen MR) is 202 cm³/mol. The molecule has 0 N–H and O–H groups in total. The molecule has 8 heteroatoms. The number of hydrogen-bond acceptors (Lipinski definition) is 6. The van der Waals surface area contributed by atoms with Crippen molar-refractivity contribution in [3.63, 3.8) is 0 Å². The molecule has 0 atom stereocenters. The van der Waals surface area contributed by atoms with E-state index in [2.05, 4.69) is 6.92 Å². The molecule has 0 fully saturated rings. The largest absolute Gasteiger partial charge is 0.711 e. The Morgan fingerprint density at radius 1 is 0.340 bits per heavy atom. The average Bonchev–Trinajstić information content (AvgIpc) is 3.16. The summed E-state index contributed by atoms with van der Waals surface area (Å²) in [5.41, 5.74) is 0. The fourth-order valence-electron chi connectivity index (χ4n) is 5.64. The van der Waals surface area contributed by atoms with Crippen LogP contribution < -0.4 is 26.6 Å². The van der Waals surface area contributed by atoms with Gasteiger partial charge in [-0.1, -0.05) is 135 Å². The van der Waals surface area contributed by atoms with Crippen LogP contribution in [0.5, 0.6) is 34.5 Å². The van der Waals surface area contributed by atoms with Crippen molar-refractivity contribution >= 4 is 17.6 Å². The first kappa shape index (κ1) is 34.4. The van der Waals surface area contributed by atoms with Gasteiger partial charge >= 0.3 is 17.6 Å². The van der Waals surface area contributed by atoms with E-state index in [1.54, 1.807) is 0 Å². The molecule has 254 valence electrons. The molecule has 6 aromatic rings. The van der Waals surface area contributed by atoms with Crippen LogP contribution in [0.1, 0.15) is 32.6 Å². The highest BCUT2D eigenvalue weighted by Crippen LogP contribution is 2.43. The van der Waals surface area contributed by atoms with E-state index in [1.165, 1.54) is 0 Å². The number of hydrogen-bond donors (Lipinski definition) is 0. The highest BCUT2D eigenvalue weighted by Gasteiger charge is 2.75. The second-order valence-corrected chi connectivity index (χ2v) is 17.4. The summed E-state index contributed by atoms with van der Waals surface area (Å²) in [4.78, 5) is 0. The molecule has 6 nitrogen and oxygen atoms in total. The summed E-state index contributed by atoms with van der Waals surface area (Å²) in [6.07, 6.45) is 3.38. The zero-order valence-corrected chi connectivity index (χ0v) is 30.2. The van der Waals surface area contributed by atoms with Crippen LogP contribution in [0.25, 0.3) is 0 Å². The van der Waals surface area contributed by atoms with Crippen LogP contribution in [0.2, 0.25) is 5.16 Å². The maximum atomic E-state index is 7.21. The minimum atomic E-state index is -4.11. The Morgan fingerprint density at radius 3 is 0.760 bits per heavy atom. The van der Waals surface area contributed by atoms with E-state index >= 15 is 0 Å². The molecule has 50 heavy (non-hydrogen) atoms. The zero-order chi connectivity index (χ0) is 34.3. The van der Waals surface area contributed by atoms with E-state index in [0.29, 0.717) is 40.9 Å². The fraction of sp³-hybridized carbons (Fsp3) is 0.143. The van der Waals surface area contributed by atoms with E-state index in [0.717, 1.165) is 19.3 Å². The lowest BCUT2D eigenvalue weighted by Gasteiger charge is -2.41. The summed E-state index contributed by atoms with van der Waals surface area (Å²) >= 11 is 0. The van der Waals surface area contributed by atoms with E-state index < -0.39 is 22.8 Å². The maximum absolute atomic E-state index is 7.21. The number of para-hydroxylation sites is 6. The van der Waals surface area contributed by atoms with Crippen molar-refractivity contribution in [3.8, 4) is 34.5 Å². The molecule has 0 aliphatic heterocycles. The van der Waals surface area contributed by atoms with Crippen molar-refractivity contribution < 1.29 is 26.6 Å². The predicted octanol–water partition coefficient (Wildman–Crippen LogP) is 10.8. The van der Waals surface area contributed by atoms with Crippen molar-refractivity contribution in [1.82, 2.24) is 0 Å². The van der Waals surface area contributed by atoms with Gasteiger partial charge in [0, 0.05) is 0 Å². The molecular weight excluding hydrogens is 657 g/mol. The molecule has 0 spiro atoms. The molecule has 0 radical (unpaired) electrons. The van der Waals surface area contributed by atoms with Crippen molar-refractivity contribution in [3.05, 3.63) is 182 Å². The standard InChI is InChI=1S/C42H42O6Si2/c1-2-3-10-35-42(49(43-36-23-11-4-12-24-36,44-37-25-13-5-14-26-37)45-38-27-15-6-16-28-38)50(46-39-29-17-7-18-30-39,47-40-31-19-8-20-32-40)48-41-33-21-9-22-34-41/h4-9,11-34,42H,2-3,10,35H2,1H3. The van der Waals surface area contributed by atoms with Gasteiger partial charge in [0.1, 0.15) is 34.5 Å². The van der Waals surface area contributed by atoms with Gasteiger partial charge in [0.15, 0.2) is 5.16 Å². The molecule has 0 bridgehead atoms. The van der Waals surface area contributed by atoms with Crippen LogP contribution in [0.3, 0.4) is 0 Å². The Labute approximate surface area is 297 Å². The van der Waals surface area contributed by atoms with Gasteiger partial charge in [-0.2, -0.15) is 0 Å². The van der Waals surface area contributed by atoms with Crippen LogP contribution >= 0.6 is 0 Å². The summed E-state index contributed by atoms with van der Waals surface area (Å²) in [5, 5.41) is -0.636. The lowest BCUT2D eigenvalue weighted by molar-refractivity contribution is 0.205. The molecule has 0 heterocycles. The quantitative estimate of drug-likeness (QED) is 0.0658. The highest BCUT2D eigenvalue weighted by atomic mass is 28.5. The van der Waals surface area contributed by atoms with Crippen molar-refractivity contribution in [2.24, 2.45) is 0 Å². The topological polar surface area (TPSA) is 55.4 Å². The zero-order valence-electron chi connectivity index (χ0n) is 28.2. The van der Waals surface area contributed by atoms with Crippen LogP contribution in [-0.4, -0.2) is 17.6 Å². The maximum Gasteiger partial charge on any atom is 0.711 e. The lowest BCUT2D eigenvalue weighted by atomic mass is 10.2. The normalized spacial score (nSPS) is 11.4. The molecule has 0 aromatic heterocycles. The lowest BCUT2D eigenvalue weighted by Crippen LogP contribution is -2.72. The average molecular weight is 699 g/mol. The Hall–Kier alpha value is -5.45. The SMILES string of the molecule is CCCCCC([Si](Oc1ccccc1)(Oc1ccccc1)Oc1ccccc1)[Si](Oc1ccccc1)(Oc1ccccc1)Oc1ccccc1. The molecule has 6 rings (SSSR count). The minimum Gasteiger partial charge on any atom is -0.483 e. The van der Waals surface area contributed by atoms with Gasteiger partial charge in [0.2, 0.25) is 0 Å². The van der Waals surface area contributed by atoms with Gasteiger partial charge in [-0.05, 0) is 79.2 Å². The van der Waals surface area contributed by atoms with E-state index in [9.17, 15) is 0 Å². The molecule has 0 aliphatic carbocycles. The Balaban J connectivity index is 1.64. The highest BCUT2D eigenvalue weighted by molar-refractivity contribution is 6.84. The summed E-state index contributed by atoms with van der Waals surface area (Å²) in [7, 11) is -8.22. The number of rotatable bonds is 18. The first-order valence-electron chi connectivity index (χ1n) is 17.1. The third-order valence-electron chi connectivity index (χ3n) is 7.97. The Kier molecular flexibility index (Phi) is 11.9. The first-order valence-corrected chi connectivity index (χ1v) is 20.7. The molecule has 0 aliphatic rings. The van der Waals surface area contributed by atoms with Crippen molar-refractivity contribution in [2.75, 3.05) is 0 Å². The molecule has 0 amide bonds. The molecular formula is C42H42O6Si2. The molecule has 0 saturated heterocycles. The first-order chi connectivity index (χ1) is 24.7. The molecule has 0 saturated carbocycles. The smallest absolute Gasteiger partial charge is 0.483 e. The summed E-state index contributed by atoms with van der Waals surface area (Å²) in [6.45, 7) is 2.19. The molecule has 0 unspecified atom stereocenters. The summed E-state index contributed by atoms with van der Waals surface area (Å²) < 4.78 is 43.3. The van der Waals surface area contributed by atoms with E-state index in [1.807, 2.05) is 182 Å². The van der Waals surface area contributed by atoms with Gasteiger partial charge < -0.3 is 26.6 Å². The van der Waals surface area contributed by atoms with Crippen LogP contribution in [0.4, 0.5) is 0 Å². The van der Waals surface area contributed by atoms with E-state index in [-0.39, 0.29) is 0 Å². The van der Waals surface area contributed by atoms with Gasteiger partial charge in [-0.25, -0.2) is 0 Å². The van der Waals surface area contributed by atoms with Crippen LogP contribution in [-0.2, 0) is 0 Å². The number of unbranched alkanes of at least 4 members (excludes halogenated alkanes) is 2. The third kappa shape index (κ3) is 9.16. The van der Waals surface area contributed by atoms with E-state index in [4.69, 9.17) is 26.6 Å². The van der Waals surface area contributed by atoms with Crippen LogP contribution in [0, 0.1) is 0 Å². The van der Waals surface area contributed by atoms with Crippen LogP contribution in [0.15, 0.2) is 182 Å². The van der Waals surface area contributed by atoms with Gasteiger partial charge in [0.25, 0.3) is 0 Å². The molecule has 6 aromatic carbocycles. The van der Waals surface area contributed by atoms with Crippen molar-refractivity contribution in [1.29, 1.82) is 0 Å². The summed E-state index contributed by atoms with van der Waals surface area (Å²) in [6, 6.07) is 58.1. The fourth-order valence-corrected chi connectivity index (χ4v) is 13.4.